The molecule has 24 heavy (non-hydrogen) atoms. The fourth-order valence-electron chi connectivity index (χ4n) is 3.35. The van der Waals surface area contributed by atoms with E-state index in [9.17, 15) is 0 Å². The Balaban J connectivity index is 1.94. The lowest BCUT2D eigenvalue weighted by Gasteiger charge is -2.19. The monoisotopic (exact) mass is 325 g/mol. The average molecular weight is 325 g/mol. The second kappa shape index (κ2) is 5.74. The Kier molecular flexibility index (Phi) is 3.56. The van der Waals surface area contributed by atoms with Crippen molar-refractivity contribution in [3.8, 4) is 28.7 Å². The van der Waals surface area contributed by atoms with Crippen LogP contribution in [0.2, 0.25) is 0 Å². The summed E-state index contributed by atoms with van der Waals surface area (Å²) in [6.45, 7) is 0.802. The minimum absolute atomic E-state index is 0.642. The maximum Gasteiger partial charge on any atom is 0.178 e. The summed E-state index contributed by atoms with van der Waals surface area (Å²) in [5.74, 6) is 3.53. The lowest BCUT2D eigenvalue weighted by molar-refractivity contribution is 0.349. The quantitative estimate of drug-likeness (QED) is 0.868. The molecule has 0 saturated heterocycles. The SMILES string of the molecule is COc1cc2c(cc1OC)Oc1c(OC)ccc3c1C(=NCC3)C2. The first-order valence-electron chi connectivity index (χ1n) is 7.91. The first-order chi connectivity index (χ1) is 11.7. The molecule has 4 rings (SSSR count). The van der Waals surface area contributed by atoms with E-state index in [1.54, 1.807) is 21.3 Å². The highest BCUT2D eigenvalue weighted by Crippen LogP contribution is 2.45. The van der Waals surface area contributed by atoms with Gasteiger partial charge in [-0.2, -0.15) is 0 Å². The van der Waals surface area contributed by atoms with E-state index in [0.717, 1.165) is 41.3 Å². The number of benzene rings is 2. The zero-order valence-corrected chi connectivity index (χ0v) is 14.0. The maximum atomic E-state index is 6.27. The topological polar surface area (TPSA) is 49.3 Å². The smallest absolute Gasteiger partial charge is 0.178 e. The Labute approximate surface area is 140 Å². The molecule has 0 atom stereocenters. The molecule has 124 valence electrons. The average Bonchev–Trinajstić information content (AvgIpc) is 2.78. The van der Waals surface area contributed by atoms with Crippen LogP contribution in [0.1, 0.15) is 16.7 Å². The molecule has 2 heterocycles. The van der Waals surface area contributed by atoms with Gasteiger partial charge in [-0.1, -0.05) is 6.07 Å². The molecule has 0 N–H and O–H groups in total. The van der Waals surface area contributed by atoms with E-state index in [0.29, 0.717) is 23.7 Å². The number of rotatable bonds is 3. The molecular formula is C19H19NO4. The van der Waals surface area contributed by atoms with E-state index < -0.39 is 0 Å². The van der Waals surface area contributed by atoms with Gasteiger partial charge in [0.25, 0.3) is 0 Å². The summed E-state index contributed by atoms with van der Waals surface area (Å²) in [4.78, 5) is 4.74. The molecule has 2 aliphatic heterocycles. The molecule has 0 aliphatic carbocycles. The predicted molar refractivity (Wildman–Crippen MR) is 91.4 cm³/mol. The van der Waals surface area contributed by atoms with Crippen LogP contribution < -0.4 is 18.9 Å². The number of ether oxygens (including phenoxy) is 4. The largest absolute Gasteiger partial charge is 0.493 e. The molecule has 0 radical (unpaired) electrons. The molecule has 0 saturated carbocycles. The summed E-state index contributed by atoms with van der Waals surface area (Å²) < 4.78 is 22.6. The number of nitrogens with zero attached hydrogens (tertiary/aromatic N) is 1. The fourth-order valence-corrected chi connectivity index (χ4v) is 3.35. The van der Waals surface area contributed by atoms with Crippen molar-refractivity contribution in [3.05, 3.63) is 41.0 Å². The van der Waals surface area contributed by atoms with Crippen LogP contribution in [0, 0.1) is 0 Å². The summed E-state index contributed by atoms with van der Waals surface area (Å²) in [6, 6.07) is 7.89. The molecule has 0 fully saturated rings. The second-order valence-corrected chi connectivity index (χ2v) is 5.80. The molecule has 0 unspecified atom stereocenters. The fraction of sp³-hybridized carbons (Fsp3) is 0.316. The van der Waals surface area contributed by atoms with E-state index in [1.807, 2.05) is 18.2 Å². The van der Waals surface area contributed by atoms with Crippen LogP contribution in [0.15, 0.2) is 29.3 Å². The van der Waals surface area contributed by atoms with E-state index in [1.165, 1.54) is 5.56 Å². The van der Waals surface area contributed by atoms with Gasteiger partial charge in [-0.25, -0.2) is 0 Å². The molecule has 2 aromatic rings. The van der Waals surface area contributed by atoms with Gasteiger partial charge in [-0.3, -0.25) is 4.99 Å². The Morgan fingerprint density at radius 1 is 0.917 bits per heavy atom. The minimum atomic E-state index is 0.642. The van der Waals surface area contributed by atoms with E-state index in [2.05, 4.69) is 6.07 Å². The molecule has 2 aliphatic rings. The normalized spacial score (nSPS) is 14.5. The number of hydrogen-bond donors (Lipinski definition) is 0. The van der Waals surface area contributed by atoms with Crippen molar-refractivity contribution in [2.45, 2.75) is 12.8 Å². The Hall–Kier alpha value is -2.69. The first kappa shape index (κ1) is 14.9. The third-order valence-corrected chi connectivity index (χ3v) is 4.54. The van der Waals surface area contributed by atoms with Gasteiger partial charge in [0.2, 0.25) is 0 Å². The molecular weight excluding hydrogens is 306 g/mol. The van der Waals surface area contributed by atoms with Crippen LogP contribution in [0.4, 0.5) is 0 Å². The van der Waals surface area contributed by atoms with Gasteiger partial charge in [0.05, 0.1) is 27.0 Å². The number of fused-ring (bicyclic) bond motifs is 1. The van der Waals surface area contributed by atoms with Crippen molar-refractivity contribution in [3.63, 3.8) is 0 Å². The minimum Gasteiger partial charge on any atom is -0.493 e. The third kappa shape index (κ3) is 2.19. The molecule has 0 amide bonds. The second-order valence-electron chi connectivity index (χ2n) is 5.80. The zero-order chi connectivity index (χ0) is 16.7. The van der Waals surface area contributed by atoms with Crippen molar-refractivity contribution in [2.24, 2.45) is 4.99 Å². The Bertz CT molecular complexity index is 842. The highest BCUT2D eigenvalue weighted by atomic mass is 16.5. The van der Waals surface area contributed by atoms with Crippen molar-refractivity contribution < 1.29 is 18.9 Å². The highest BCUT2D eigenvalue weighted by molar-refractivity contribution is 6.07. The summed E-state index contributed by atoms with van der Waals surface area (Å²) in [5.41, 5.74) is 4.38. The maximum absolute atomic E-state index is 6.27. The number of methoxy groups -OCH3 is 3. The van der Waals surface area contributed by atoms with Gasteiger partial charge in [0.1, 0.15) is 5.75 Å². The molecule has 0 bridgehead atoms. The van der Waals surface area contributed by atoms with Crippen LogP contribution in [-0.4, -0.2) is 33.6 Å². The van der Waals surface area contributed by atoms with Crippen molar-refractivity contribution >= 4 is 5.71 Å². The van der Waals surface area contributed by atoms with Crippen molar-refractivity contribution in [2.75, 3.05) is 27.9 Å². The van der Waals surface area contributed by atoms with Crippen LogP contribution in [0.5, 0.6) is 28.7 Å². The summed E-state index contributed by atoms with van der Waals surface area (Å²) in [5, 5.41) is 0. The van der Waals surface area contributed by atoms with Gasteiger partial charge in [0, 0.05) is 30.2 Å². The molecule has 5 heteroatoms. The number of hydrogen-bond acceptors (Lipinski definition) is 5. The third-order valence-electron chi connectivity index (χ3n) is 4.54. The van der Waals surface area contributed by atoms with E-state index in [-0.39, 0.29) is 0 Å². The van der Waals surface area contributed by atoms with Gasteiger partial charge in [-0.05, 0) is 24.1 Å². The van der Waals surface area contributed by atoms with Crippen LogP contribution in [0.3, 0.4) is 0 Å². The van der Waals surface area contributed by atoms with Gasteiger partial charge >= 0.3 is 0 Å². The van der Waals surface area contributed by atoms with Gasteiger partial charge in [0.15, 0.2) is 23.0 Å². The lowest BCUT2D eigenvalue weighted by atomic mass is 9.93. The standard InChI is InChI=1S/C19H19NO4/c1-21-14-5-4-11-6-7-20-13-8-12-9-16(22-2)17(23-3)10-15(12)24-19(14)18(11)13/h4-5,9-10H,6-8H2,1-3H3. The summed E-state index contributed by atoms with van der Waals surface area (Å²) >= 11 is 0. The van der Waals surface area contributed by atoms with Crippen molar-refractivity contribution in [1.29, 1.82) is 0 Å². The Morgan fingerprint density at radius 3 is 2.42 bits per heavy atom. The molecule has 0 aromatic heterocycles. The summed E-state index contributed by atoms with van der Waals surface area (Å²) in [7, 11) is 4.91. The van der Waals surface area contributed by atoms with Crippen molar-refractivity contribution in [1.82, 2.24) is 0 Å². The van der Waals surface area contributed by atoms with Gasteiger partial charge in [-0.15, -0.1) is 0 Å². The van der Waals surface area contributed by atoms with Crippen LogP contribution in [-0.2, 0) is 12.8 Å². The van der Waals surface area contributed by atoms with Gasteiger partial charge < -0.3 is 18.9 Å². The molecule has 0 spiro atoms. The van der Waals surface area contributed by atoms with E-state index >= 15 is 0 Å². The first-order valence-corrected chi connectivity index (χ1v) is 7.91. The molecule has 5 nitrogen and oxygen atoms in total. The lowest BCUT2D eigenvalue weighted by Crippen LogP contribution is -2.15. The number of aliphatic imine (C=N–C) groups is 1. The zero-order valence-electron chi connectivity index (χ0n) is 14.0. The Morgan fingerprint density at radius 2 is 1.67 bits per heavy atom. The summed E-state index contributed by atoms with van der Waals surface area (Å²) in [6.07, 6.45) is 1.62. The van der Waals surface area contributed by atoms with E-state index in [4.69, 9.17) is 23.9 Å². The molecule has 2 aromatic carbocycles. The predicted octanol–water partition coefficient (Wildman–Crippen LogP) is 3.41. The highest BCUT2D eigenvalue weighted by Gasteiger charge is 2.28. The van der Waals surface area contributed by atoms with Crippen LogP contribution >= 0.6 is 0 Å². The van der Waals surface area contributed by atoms with Crippen LogP contribution in [0.25, 0.3) is 0 Å².